The fourth-order valence-electron chi connectivity index (χ4n) is 4.09. The van der Waals surface area contributed by atoms with Crippen LogP contribution in [0.4, 0.5) is 9.93 Å². The molecule has 0 unspecified atom stereocenters. The number of hydrogen-bond acceptors (Lipinski definition) is 6. The van der Waals surface area contributed by atoms with Crippen LogP contribution in [0, 0.1) is 5.92 Å². The molecule has 1 aromatic carbocycles. The predicted molar refractivity (Wildman–Crippen MR) is 134 cm³/mol. The van der Waals surface area contributed by atoms with Crippen LogP contribution in [0.3, 0.4) is 0 Å². The van der Waals surface area contributed by atoms with E-state index in [4.69, 9.17) is 9.84 Å². The summed E-state index contributed by atoms with van der Waals surface area (Å²) in [7, 11) is 1.67. The summed E-state index contributed by atoms with van der Waals surface area (Å²) >= 11 is 2.53. The van der Waals surface area contributed by atoms with Gasteiger partial charge in [0, 0.05) is 12.6 Å². The summed E-state index contributed by atoms with van der Waals surface area (Å²) in [6, 6.07) is 8.29. The zero-order valence-corrected chi connectivity index (χ0v) is 20.9. The Hall–Kier alpha value is -2.26. The number of thiazole rings is 1. The first-order valence-electron chi connectivity index (χ1n) is 11.5. The highest BCUT2D eigenvalue weighted by atomic mass is 32.2. The molecule has 0 atom stereocenters. The number of aromatic nitrogens is 1. The zero-order valence-electron chi connectivity index (χ0n) is 19.3. The van der Waals surface area contributed by atoms with Crippen molar-refractivity contribution in [1.29, 1.82) is 0 Å². The van der Waals surface area contributed by atoms with Gasteiger partial charge in [-0.25, -0.2) is 9.78 Å². The van der Waals surface area contributed by atoms with Gasteiger partial charge in [-0.3, -0.25) is 10.1 Å². The van der Waals surface area contributed by atoms with Crippen molar-refractivity contribution in [1.82, 2.24) is 9.88 Å². The van der Waals surface area contributed by atoms with Crippen molar-refractivity contribution < 1.29 is 19.4 Å². The van der Waals surface area contributed by atoms with Crippen molar-refractivity contribution in [2.45, 2.75) is 62.1 Å². The number of benzene rings is 1. The van der Waals surface area contributed by atoms with Crippen molar-refractivity contribution in [2.75, 3.05) is 24.7 Å². The fourth-order valence-corrected chi connectivity index (χ4v) is 5.67. The molecule has 2 amide bonds. The number of thioether (sulfide) groups is 1. The molecule has 2 N–H and O–H groups in total. The molecule has 3 rings (SSSR count). The van der Waals surface area contributed by atoms with Crippen molar-refractivity contribution in [3.8, 4) is 5.75 Å². The van der Waals surface area contributed by atoms with Gasteiger partial charge in [-0.1, -0.05) is 30.4 Å². The second-order valence-corrected chi connectivity index (χ2v) is 10.8. The van der Waals surface area contributed by atoms with E-state index in [9.17, 15) is 9.59 Å². The number of carboxylic acids is 1. The van der Waals surface area contributed by atoms with Crippen LogP contribution in [0.5, 0.6) is 5.75 Å². The third kappa shape index (κ3) is 8.23. The van der Waals surface area contributed by atoms with Crippen LogP contribution >= 0.6 is 23.1 Å². The molecular weight excluding hydrogens is 458 g/mol. The van der Waals surface area contributed by atoms with Gasteiger partial charge in [0.1, 0.15) is 5.75 Å². The monoisotopic (exact) mass is 491 g/mol. The number of carbonyl (C=O) groups is 2. The van der Waals surface area contributed by atoms with E-state index in [0.29, 0.717) is 17.6 Å². The van der Waals surface area contributed by atoms with Crippen LogP contribution in [0.25, 0.3) is 0 Å². The Morgan fingerprint density at radius 2 is 1.94 bits per heavy atom. The summed E-state index contributed by atoms with van der Waals surface area (Å²) < 4.78 is 6.00. The molecule has 33 heavy (non-hydrogen) atoms. The third-order valence-corrected chi connectivity index (χ3v) is 8.09. The first-order chi connectivity index (χ1) is 15.9. The number of aryl methyl sites for hydroxylation is 1. The maximum Gasteiger partial charge on any atom is 0.323 e. The van der Waals surface area contributed by atoms with E-state index in [1.807, 2.05) is 17.0 Å². The number of unbranched alkanes of at least 4 members (excludes halogenated alkanes) is 1. The van der Waals surface area contributed by atoms with Gasteiger partial charge in [0.15, 0.2) is 5.13 Å². The van der Waals surface area contributed by atoms with Gasteiger partial charge in [-0.2, -0.15) is 0 Å². The Morgan fingerprint density at radius 1 is 1.21 bits per heavy atom. The summed E-state index contributed by atoms with van der Waals surface area (Å²) in [6.45, 7) is 2.99. The average molecular weight is 492 g/mol. The number of methoxy groups -OCH3 is 1. The van der Waals surface area contributed by atoms with Crippen molar-refractivity contribution in [3.63, 3.8) is 0 Å². The van der Waals surface area contributed by atoms with Gasteiger partial charge >= 0.3 is 12.0 Å². The summed E-state index contributed by atoms with van der Waals surface area (Å²) in [5.41, 5.74) is 1.27. The standard InChI is InChI=1S/C24H33N3O4S2/c1-17-6-10-19(11-7-17)27(14-4-3-5-18-8-12-20(31-2)13-9-18)24(30)26-23-25-15-22(33-23)32-16-21(28)29/h8-9,12-13,15,17,19H,3-7,10-11,14,16H2,1-2H3,(H,28,29)(H,25,26,30). The van der Waals surface area contributed by atoms with E-state index in [-0.39, 0.29) is 17.8 Å². The quantitative estimate of drug-likeness (QED) is 0.307. The van der Waals surface area contributed by atoms with Crippen molar-refractivity contribution >= 4 is 40.2 Å². The summed E-state index contributed by atoms with van der Waals surface area (Å²) in [4.78, 5) is 30.2. The second kappa shape index (κ2) is 12.8. The van der Waals surface area contributed by atoms with E-state index in [2.05, 4.69) is 29.4 Å². The van der Waals surface area contributed by atoms with Gasteiger partial charge in [0.2, 0.25) is 0 Å². The molecule has 0 aliphatic heterocycles. The Labute approximate surface area is 203 Å². The molecule has 7 nitrogen and oxygen atoms in total. The van der Waals surface area contributed by atoms with E-state index >= 15 is 0 Å². The first kappa shape index (κ1) is 25.4. The number of carbonyl (C=O) groups excluding carboxylic acids is 1. The lowest BCUT2D eigenvalue weighted by atomic mass is 9.86. The number of nitrogens with one attached hydrogen (secondary N) is 1. The molecule has 180 valence electrons. The smallest absolute Gasteiger partial charge is 0.323 e. The Balaban J connectivity index is 1.55. The van der Waals surface area contributed by atoms with Crippen LogP contribution in [0.1, 0.15) is 51.0 Å². The van der Waals surface area contributed by atoms with Crippen molar-refractivity contribution in [3.05, 3.63) is 36.0 Å². The maximum absolute atomic E-state index is 13.2. The number of ether oxygens (including phenoxy) is 1. The summed E-state index contributed by atoms with van der Waals surface area (Å²) in [5, 5.41) is 12.3. The van der Waals surface area contributed by atoms with E-state index in [1.165, 1.54) is 28.7 Å². The molecule has 0 radical (unpaired) electrons. The molecule has 0 spiro atoms. The first-order valence-corrected chi connectivity index (χ1v) is 13.3. The minimum atomic E-state index is -0.869. The van der Waals surface area contributed by atoms with Crippen molar-refractivity contribution in [2.24, 2.45) is 5.92 Å². The van der Waals surface area contributed by atoms with Crippen LogP contribution < -0.4 is 10.1 Å². The second-order valence-electron chi connectivity index (χ2n) is 8.51. The summed E-state index contributed by atoms with van der Waals surface area (Å²) in [5.74, 6) is 0.691. The largest absolute Gasteiger partial charge is 0.497 e. The highest BCUT2D eigenvalue weighted by molar-refractivity contribution is 8.01. The number of anilines is 1. The van der Waals surface area contributed by atoms with E-state index in [0.717, 1.165) is 54.9 Å². The Bertz CT molecular complexity index is 895. The number of amides is 2. The van der Waals surface area contributed by atoms with Crippen LogP contribution in [-0.4, -0.2) is 52.4 Å². The lowest BCUT2D eigenvalue weighted by molar-refractivity contribution is -0.133. The maximum atomic E-state index is 13.2. The minimum Gasteiger partial charge on any atom is -0.497 e. The van der Waals surface area contributed by atoms with Crippen LogP contribution in [-0.2, 0) is 11.2 Å². The number of carboxylic acid groups (broad SMARTS) is 1. The number of urea groups is 1. The van der Waals surface area contributed by atoms with Crippen LogP contribution in [0.15, 0.2) is 34.7 Å². The fraction of sp³-hybridized carbons (Fsp3) is 0.542. The van der Waals surface area contributed by atoms with Gasteiger partial charge < -0.3 is 14.7 Å². The van der Waals surface area contributed by atoms with E-state index < -0.39 is 5.97 Å². The lowest BCUT2D eigenvalue weighted by Gasteiger charge is -2.36. The minimum absolute atomic E-state index is 0.0177. The topological polar surface area (TPSA) is 91.8 Å². The third-order valence-electron chi connectivity index (χ3n) is 6.00. The Morgan fingerprint density at radius 3 is 2.61 bits per heavy atom. The number of rotatable bonds is 11. The van der Waals surface area contributed by atoms with Gasteiger partial charge in [0.25, 0.3) is 0 Å². The highest BCUT2D eigenvalue weighted by Gasteiger charge is 2.27. The van der Waals surface area contributed by atoms with Gasteiger partial charge in [-0.15, -0.1) is 11.8 Å². The summed E-state index contributed by atoms with van der Waals surface area (Å²) in [6.07, 6.45) is 8.89. The number of nitrogens with zero attached hydrogens (tertiary/aromatic N) is 2. The SMILES string of the molecule is COc1ccc(CCCCN(C(=O)Nc2ncc(SCC(=O)O)s2)C2CCC(C)CC2)cc1. The molecule has 1 aliphatic carbocycles. The van der Waals surface area contributed by atoms with Crippen LogP contribution in [0.2, 0.25) is 0 Å². The lowest BCUT2D eigenvalue weighted by Crippen LogP contribution is -2.45. The molecule has 0 bridgehead atoms. The molecular formula is C24H33N3O4S2. The molecule has 1 heterocycles. The molecule has 0 saturated heterocycles. The molecule has 1 saturated carbocycles. The molecule has 9 heteroatoms. The molecule has 2 aromatic rings. The molecule has 1 aromatic heterocycles. The highest BCUT2D eigenvalue weighted by Crippen LogP contribution is 2.30. The Kier molecular flexibility index (Phi) is 9.87. The number of hydrogen-bond donors (Lipinski definition) is 2. The van der Waals surface area contributed by atoms with E-state index in [1.54, 1.807) is 13.3 Å². The molecule has 1 aliphatic rings. The number of aliphatic carboxylic acids is 1. The van der Waals surface area contributed by atoms with Gasteiger partial charge in [0.05, 0.1) is 23.3 Å². The molecule has 1 fully saturated rings. The zero-order chi connectivity index (χ0) is 23.6. The predicted octanol–water partition coefficient (Wildman–Crippen LogP) is 5.76. The average Bonchev–Trinajstić information content (AvgIpc) is 3.26. The normalized spacial score (nSPS) is 18.0. The van der Waals surface area contributed by atoms with Gasteiger partial charge in [-0.05, 0) is 68.6 Å².